The third-order valence-electron chi connectivity index (χ3n) is 4.18. The summed E-state index contributed by atoms with van der Waals surface area (Å²) >= 11 is 7.41. The van der Waals surface area contributed by atoms with E-state index in [-0.39, 0.29) is 18.7 Å². The van der Waals surface area contributed by atoms with Crippen LogP contribution in [0.4, 0.5) is 5.13 Å². The first-order valence-electron chi connectivity index (χ1n) is 8.39. The number of methoxy groups -OCH3 is 1. The van der Waals surface area contributed by atoms with Crippen molar-refractivity contribution in [2.24, 2.45) is 0 Å². The standard InChI is InChI=1S/C19H17ClN2O4S/c1-24-15-3-2-4-16-18(15)21-19(27-16)22-9-14(10-22)26-17(23)11-25-13-7-5-12(20)6-8-13/h2-8,14H,9-11H2,1H3. The van der Waals surface area contributed by atoms with Crippen LogP contribution in [0.5, 0.6) is 11.5 Å². The first-order valence-corrected chi connectivity index (χ1v) is 9.58. The van der Waals surface area contributed by atoms with Gasteiger partial charge in [0.25, 0.3) is 0 Å². The van der Waals surface area contributed by atoms with Crippen molar-refractivity contribution in [3.8, 4) is 11.5 Å². The molecular formula is C19H17ClN2O4S. The van der Waals surface area contributed by atoms with Crippen LogP contribution >= 0.6 is 22.9 Å². The minimum Gasteiger partial charge on any atom is -0.494 e. The summed E-state index contributed by atoms with van der Waals surface area (Å²) in [5, 5.41) is 1.52. The lowest BCUT2D eigenvalue weighted by atomic mass is 10.2. The highest BCUT2D eigenvalue weighted by Crippen LogP contribution is 2.35. The Kier molecular flexibility index (Phi) is 5.05. The Morgan fingerprint density at radius 2 is 2.04 bits per heavy atom. The zero-order valence-electron chi connectivity index (χ0n) is 14.6. The first kappa shape index (κ1) is 17.9. The maximum atomic E-state index is 11.9. The minimum atomic E-state index is -0.388. The molecule has 8 heteroatoms. The summed E-state index contributed by atoms with van der Waals surface area (Å²) in [6.45, 7) is 1.11. The third-order valence-corrected chi connectivity index (χ3v) is 5.51. The van der Waals surface area contributed by atoms with Gasteiger partial charge in [0.05, 0.1) is 24.9 Å². The van der Waals surface area contributed by atoms with Crippen molar-refractivity contribution < 1.29 is 19.0 Å². The quantitative estimate of drug-likeness (QED) is 0.583. The Hall–Kier alpha value is -2.51. The van der Waals surface area contributed by atoms with Gasteiger partial charge in [-0.25, -0.2) is 9.78 Å². The van der Waals surface area contributed by atoms with E-state index in [0.717, 1.165) is 21.1 Å². The molecule has 0 unspecified atom stereocenters. The number of hydrogen-bond acceptors (Lipinski definition) is 7. The molecule has 0 amide bonds. The number of nitrogens with zero attached hydrogens (tertiary/aromatic N) is 2. The predicted molar refractivity (Wildman–Crippen MR) is 105 cm³/mol. The number of carbonyl (C=O) groups excluding carboxylic acids is 1. The number of esters is 1. The van der Waals surface area contributed by atoms with Crippen molar-refractivity contribution >= 4 is 44.3 Å². The van der Waals surface area contributed by atoms with Crippen molar-refractivity contribution in [2.75, 3.05) is 31.7 Å². The van der Waals surface area contributed by atoms with E-state index in [1.165, 1.54) is 0 Å². The fourth-order valence-corrected chi connectivity index (χ4v) is 3.90. The number of benzene rings is 2. The molecule has 0 atom stereocenters. The molecule has 140 valence electrons. The molecule has 1 fully saturated rings. The Balaban J connectivity index is 1.28. The van der Waals surface area contributed by atoms with Gasteiger partial charge >= 0.3 is 5.97 Å². The molecule has 0 spiro atoms. The number of halogens is 1. The number of aromatic nitrogens is 1. The smallest absolute Gasteiger partial charge is 0.344 e. The fraction of sp³-hybridized carbons (Fsp3) is 0.263. The lowest BCUT2D eigenvalue weighted by molar-refractivity contribution is -0.152. The number of rotatable bonds is 6. The molecule has 6 nitrogen and oxygen atoms in total. The van der Waals surface area contributed by atoms with Gasteiger partial charge in [0.1, 0.15) is 23.1 Å². The molecular weight excluding hydrogens is 388 g/mol. The van der Waals surface area contributed by atoms with Crippen LogP contribution in [-0.4, -0.2) is 43.9 Å². The lowest BCUT2D eigenvalue weighted by Gasteiger charge is -2.38. The lowest BCUT2D eigenvalue weighted by Crippen LogP contribution is -2.53. The Morgan fingerprint density at radius 3 is 2.78 bits per heavy atom. The molecule has 0 saturated carbocycles. The number of hydrogen-bond donors (Lipinski definition) is 0. The summed E-state index contributed by atoms with van der Waals surface area (Å²) < 4.78 is 17.2. The second-order valence-electron chi connectivity index (χ2n) is 6.06. The molecule has 0 bridgehead atoms. The summed E-state index contributed by atoms with van der Waals surface area (Å²) in [6.07, 6.45) is -0.153. The molecule has 1 aromatic heterocycles. The number of anilines is 1. The highest BCUT2D eigenvalue weighted by molar-refractivity contribution is 7.22. The maximum Gasteiger partial charge on any atom is 0.344 e. The molecule has 3 aromatic rings. The predicted octanol–water partition coefficient (Wildman–Crippen LogP) is 3.77. The van der Waals surface area contributed by atoms with Crippen LogP contribution in [0, 0.1) is 0 Å². The molecule has 0 N–H and O–H groups in total. The van der Waals surface area contributed by atoms with Crippen molar-refractivity contribution in [1.29, 1.82) is 0 Å². The minimum absolute atomic E-state index is 0.129. The summed E-state index contributed by atoms with van der Waals surface area (Å²) in [5.41, 5.74) is 0.858. The van der Waals surface area contributed by atoms with E-state index in [1.807, 2.05) is 18.2 Å². The van der Waals surface area contributed by atoms with Gasteiger partial charge in [-0.2, -0.15) is 0 Å². The fourth-order valence-electron chi connectivity index (χ4n) is 2.77. The van der Waals surface area contributed by atoms with Gasteiger partial charge in [-0.3, -0.25) is 0 Å². The summed E-state index contributed by atoms with van der Waals surface area (Å²) in [4.78, 5) is 18.7. The van der Waals surface area contributed by atoms with E-state index in [0.29, 0.717) is 23.9 Å². The molecule has 4 rings (SSSR count). The van der Waals surface area contributed by atoms with Gasteiger partial charge in [0, 0.05) is 5.02 Å². The zero-order chi connectivity index (χ0) is 18.8. The largest absolute Gasteiger partial charge is 0.494 e. The van der Waals surface area contributed by atoms with Crippen molar-refractivity contribution in [3.05, 3.63) is 47.5 Å². The van der Waals surface area contributed by atoms with Crippen LogP contribution in [0.1, 0.15) is 0 Å². The Labute approximate surface area is 165 Å². The van der Waals surface area contributed by atoms with Gasteiger partial charge in [-0.15, -0.1) is 0 Å². The highest BCUT2D eigenvalue weighted by Gasteiger charge is 2.32. The second-order valence-corrected chi connectivity index (χ2v) is 7.51. The molecule has 1 saturated heterocycles. The van der Waals surface area contributed by atoms with E-state index in [2.05, 4.69) is 9.88 Å². The van der Waals surface area contributed by atoms with Crippen molar-refractivity contribution in [1.82, 2.24) is 4.98 Å². The molecule has 1 aliphatic rings. The number of ether oxygens (including phenoxy) is 3. The van der Waals surface area contributed by atoms with E-state index < -0.39 is 0 Å². The normalized spacial score (nSPS) is 14.1. The SMILES string of the molecule is COc1cccc2sc(N3CC(OC(=O)COc4ccc(Cl)cc4)C3)nc12. The summed E-state index contributed by atoms with van der Waals surface area (Å²) in [7, 11) is 1.64. The van der Waals surface area contributed by atoms with E-state index in [1.54, 1.807) is 42.7 Å². The van der Waals surface area contributed by atoms with Crippen LogP contribution in [0.15, 0.2) is 42.5 Å². The number of para-hydroxylation sites is 1. The zero-order valence-corrected chi connectivity index (χ0v) is 16.1. The highest BCUT2D eigenvalue weighted by atomic mass is 35.5. The van der Waals surface area contributed by atoms with E-state index in [4.69, 9.17) is 25.8 Å². The summed E-state index contributed by atoms with van der Waals surface area (Å²) in [5.74, 6) is 0.952. The van der Waals surface area contributed by atoms with Crippen LogP contribution in [-0.2, 0) is 9.53 Å². The number of fused-ring (bicyclic) bond motifs is 1. The molecule has 0 radical (unpaired) electrons. The molecule has 2 heterocycles. The van der Waals surface area contributed by atoms with Gasteiger partial charge in [0.2, 0.25) is 0 Å². The molecule has 2 aromatic carbocycles. The Bertz CT molecular complexity index is 954. The van der Waals surface area contributed by atoms with Gasteiger partial charge < -0.3 is 19.1 Å². The maximum absolute atomic E-state index is 11.9. The van der Waals surface area contributed by atoms with Crippen LogP contribution in [0.2, 0.25) is 5.02 Å². The van der Waals surface area contributed by atoms with Crippen molar-refractivity contribution in [2.45, 2.75) is 6.10 Å². The van der Waals surface area contributed by atoms with Gasteiger partial charge in [-0.1, -0.05) is 29.0 Å². The van der Waals surface area contributed by atoms with E-state index >= 15 is 0 Å². The van der Waals surface area contributed by atoms with Crippen LogP contribution in [0.3, 0.4) is 0 Å². The van der Waals surface area contributed by atoms with Crippen LogP contribution < -0.4 is 14.4 Å². The average molecular weight is 405 g/mol. The van der Waals surface area contributed by atoms with E-state index in [9.17, 15) is 4.79 Å². The molecule has 0 aliphatic carbocycles. The Morgan fingerprint density at radius 1 is 1.26 bits per heavy atom. The summed E-state index contributed by atoms with van der Waals surface area (Å²) in [6, 6.07) is 12.7. The number of carbonyl (C=O) groups is 1. The average Bonchev–Trinajstić information content (AvgIpc) is 3.07. The van der Waals surface area contributed by atoms with Gasteiger partial charge in [0.15, 0.2) is 11.7 Å². The molecule has 1 aliphatic heterocycles. The topological polar surface area (TPSA) is 60.9 Å². The second kappa shape index (κ2) is 7.62. The molecule has 27 heavy (non-hydrogen) atoms. The number of thiazole rings is 1. The third kappa shape index (κ3) is 3.94. The first-order chi connectivity index (χ1) is 13.1. The van der Waals surface area contributed by atoms with Crippen LogP contribution in [0.25, 0.3) is 10.2 Å². The van der Waals surface area contributed by atoms with Gasteiger partial charge in [-0.05, 0) is 36.4 Å². The van der Waals surface area contributed by atoms with Crippen molar-refractivity contribution in [3.63, 3.8) is 0 Å². The monoisotopic (exact) mass is 404 g/mol.